The van der Waals surface area contributed by atoms with Crippen molar-refractivity contribution >= 4 is 29.9 Å². The van der Waals surface area contributed by atoms with Gasteiger partial charge in [0.05, 0.1) is 12.2 Å². The van der Waals surface area contributed by atoms with E-state index in [1.54, 1.807) is 0 Å². The molecule has 0 saturated carbocycles. The monoisotopic (exact) mass is 485 g/mol. The summed E-state index contributed by atoms with van der Waals surface area (Å²) in [7, 11) is 0. The normalized spacial score (nSPS) is 11.2. The molecule has 0 radical (unpaired) electrons. The molecule has 1 aromatic heterocycles. The molecule has 0 amide bonds. The van der Waals surface area contributed by atoms with Crippen LogP contribution in [0.15, 0.2) is 23.2 Å². The second-order valence-corrected chi connectivity index (χ2v) is 6.70. The minimum absolute atomic E-state index is 0. The molecular formula is C20H32IN5O. The highest BCUT2D eigenvalue weighted by molar-refractivity contribution is 14.0. The van der Waals surface area contributed by atoms with Crippen molar-refractivity contribution in [3.05, 3.63) is 46.3 Å². The van der Waals surface area contributed by atoms with Gasteiger partial charge in [-0.2, -0.15) is 5.10 Å². The number of aromatic nitrogens is 2. The van der Waals surface area contributed by atoms with E-state index in [0.717, 1.165) is 54.4 Å². The van der Waals surface area contributed by atoms with Crippen molar-refractivity contribution in [2.75, 3.05) is 13.1 Å². The zero-order valence-electron chi connectivity index (χ0n) is 17.0. The molecule has 0 aliphatic rings. The Morgan fingerprint density at radius 1 is 1.11 bits per heavy atom. The van der Waals surface area contributed by atoms with Crippen molar-refractivity contribution in [2.24, 2.45) is 4.99 Å². The lowest BCUT2D eigenvalue weighted by Gasteiger charge is -2.12. The molecule has 0 bridgehead atoms. The van der Waals surface area contributed by atoms with Crippen molar-refractivity contribution < 1.29 is 5.11 Å². The molecule has 0 fully saturated rings. The topological polar surface area (TPSA) is 74.5 Å². The molecule has 2 rings (SSSR count). The van der Waals surface area contributed by atoms with Gasteiger partial charge in [-0.3, -0.25) is 4.68 Å². The van der Waals surface area contributed by atoms with Crippen molar-refractivity contribution in [3.8, 4) is 5.75 Å². The minimum atomic E-state index is 0. The lowest BCUT2D eigenvalue weighted by Crippen LogP contribution is -2.38. The van der Waals surface area contributed by atoms with Crippen LogP contribution in [0.2, 0.25) is 0 Å². The molecule has 1 heterocycles. The van der Waals surface area contributed by atoms with Crippen LogP contribution < -0.4 is 10.6 Å². The fourth-order valence-electron chi connectivity index (χ4n) is 2.99. The van der Waals surface area contributed by atoms with E-state index in [-0.39, 0.29) is 24.0 Å². The molecule has 150 valence electrons. The van der Waals surface area contributed by atoms with Gasteiger partial charge in [0.15, 0.2) is 5.96 Å². The maximum Gasteiger partial charge on any atom is 0.191 e. The Labute approximate surface area is 179 Å². The van der Waals surface area contributed by atoms with Gasteiger partial charge < -0.3 is 15.7 Å². The lowest BCUT2D eigenvalue weighted by molar-refractivity contribution is 0.466. The zero-order chi connectivity index (χ0) is 19.1. The Morgan fingerprint density at radius 2 is 1.78 bits per heavy atom. The predicted octanol–water partition coefficient (Wildman–Crippen LogP) is 3.59. The first-order chi connectivity index (χ1) is 12.4. The lowest BCUT2D eigenvalue weighted by atomic mass is 10.1. The Morgan fingerprint density at radius 3 is 2.33 bits per heavy atom. The molecule has 0 saturated heterocycles. The third-order valence-electron chi connectivity index (χ3n) is 4.26. The van der Waals surface area contributed by atoms with Crippen LogP contribution in [-0.2, 0) is 13.1 Å². The Bertz CT molecular complexity index is 747. The molecule has 1 aromatic carbocycles. The van der Waals surface area contributed by atoms with E-state index < -0.39 is 0 Å². The molecule has 7 heteroatoms. The van der Waals surface area contributed by atoms with Crippen LogP contribution in [0.4, 0.5) is 0 Å². The van der Waals surface area contributed by atoms with Crippen molar-refractivity contribution in [3.63, 3.8) is 0 Å². The van der Waals surface area contributed by atoms with Crippen LogP contribution in [0.25, 0.3) is 0 Å². The number of phenols is 1. The summed E-state index contributed by atoms with van der Waals surface area (Å²) in [5.41, 5.74) is 5.12. The molecule has 27 heavy (non-hydrogen) atoms. The maximum absolute atomic E-state index is 9.88. The largest absolute Gasteiger partial charge is 0.507 e. The van der Waals surface area contributed by atoms with E-state index in [1.165, 1.54) is 5.69 Å². The number of aliphatic imine (C=N–C) groups is 1. The van der Waals surface area contributed by atoms with E-state index >= 15 is 0 Å². The highest BCUT2D eigenvalue weighted by Crippen LogP contribution is 2.23. The predicted molar refractivity (Wildman–Crippen MR) is 122 cm³/mol. The molecule has 0 aliphatic heterocycles. The number of aryl methyl sites for hydroxylation is 5. The Kier molecular flexibility index (Phi) is 9.62. The van der Waals surface area contributed by atoms with Gasteiger partial charge in [0.2, 0.25) is 0 Å². The quantitative estimate of drug-likeness (QED) is 0.243. The maximum atomic E-state index is 9.88. The zero-order valence-corrected chi connectivity index (χ0v) is 19.3. The third kappa shape index (κ3) is 7.04. The number of aromatic hydroxyl groups is 1. The van der Waals surface area contributed by atoms with Gasteiger partial charge in [0.25, 0.3) is 0 Å². The third-order valence-corrected chi connectivity index (χ3v) is 4.26. The first kappa shape index (κ1) is 23.3. The molecule has 0 spiro atoms. The smallest absolute Gasteiger partial charge is 0.191 e. The van der Waals surface area contributed by atoms with Gasteiger partial charge >= 0.3 is 0 Å². The molecule has 0 aliphatic carbocycles. The van der Waals surface area contributed by atoms with Crippen LogP contribution in [0.3, 0.4) is 0 Å². The number of rotatable bonds is 7. The average molecular weight is 485 g/mol. The van der Waals surface area contributed by atoms with Gasteiger partial charge in [-0.05, 0) is 63.8 Å². The van der Waals surface area contributed by atoms with Crippen molar-refractivity contribution in [1.82, 2.24) is 20.4 Å². The summed E-state index contributed by atoms with van der Waals surface area (Å²) in [6.07, 6.45) is 0.976. The van der Waals surface area contributed by atoms with Gasteiger partial charge in [0.1, 0.15) is 5.75 Å². The first-order valence-electron chi connectivity index (χ1n) is 9.23. The summed E-state index contributed by atoms with van der Waals surface area (Å²) >= 11 is 0. The Hall–Kier alpha value is -1.77. The SMILES string of the molecule is CCNC(=NCc1cc(C)c(O)c(C)c1)NCCCn1nc(C)cc1C.I. The number of nitrogens with one attached hydrogen (secondary N) is 2. The van der Waals surface area contributed by atoms with Gasteiger partial charge in [-0.1, -0.05) is 12.1 Å². The van der Waals surface area contributed by atoms with E-state index in [0.29, 0.717) is 12.3 Å². The number of phenolic OH excluding ortho intramolecular Hbond substituents is 1. The summed E-state index contributed by atoms with van der Waals surface area (Å²) in [6.45, 7) is 13.1. The van der Waals surface area contributed by atoms with Crippen LogP contribution in [0.5, 0.6) is 5.75 Å². The van der Waals surface area contributed by atoms with E-state index in [9.17, 15) is 5.11 Å². The number of hydrogen-bond acceptors (Lipinski definition) is 3. The summed E-state index contributed by atoms with van der Waals surface area (Å²) < 4.78 is 2.04. The standard InChI is InChI=1S/C20H31N5O.HI/c1-6-21-20(22-8-7-9-25-17(5)12-16(4)24-25)23-13-18-10-14(2)19(26)15(3)11-18;/h10-12,26H,6-9,13H2,1-5H3,(H2,21,22,23);1H. The summed E-state index contributed by atoms with van der Waals surface area (Å²) in [5.74, 6) is 1.18. The van der Waals surface area contributed by atoms with Gasteiger partial charge in [-0.15, -0.1) is 24.0 Å². The van der Waals surface area contributed by atoms with Crippen molar-refractivity contribution in [2.45, 2.75) is 54.1 Å². The van der Waals surface area contributed by atoms with E-state index in [2.05, 4.69) is 40.6 Å². The summed E-state index contributed by atoms with van der Waals surface area (Å²) in [5, 5.41) is 21.0. The van der Waals surface area contributed by atoms with Crippen LogP contribution in [0, 0.1) is 27.7 Å². The fraction of sp³-hybridized carbons (Fsp3) is 0.500. The van der Waals surface area contributed by atoms with Gasteiger partial charge in [0, 0.05) is 25.3 Å². The second kappa shape index (κ2) is 11.2. The molecule has 0 atom stereocenters. The van der Waals surface area contributed by atoms with E-state index in [1.807, 2.05) is 37.6 Å². The number of nitrogens with zero attached hydrogens (tertiary/aromatic N) is 3. The molecule has 2 aromatic rings. The highest BCUT2D eigenvalue weighted by atomic mass is 127. The average Bonchev–Trinajstić information content (AvgIpc) is 2.91. The molecule has 3 N–H and O–H groups in total. The van der Waals surface area contributed by atoms with Gasteiger partial charge in [-0.25, -0.2) is 4.99 Å². The highest BCUT2D eigenvalue weighted by Gasteiger charge is 2.04. The van der Waals surface area contributed by atoms with Crippen molar-refractivity contribution in [1.29, 1.82) is 0 Å². The van der Waals surface area contributed by atoms with Crippen LogP contribution >= 0.6 is 24.0 Å². The number of halogens is 1. The number of guanidine groups is 1. The molecular weight excluding hydrogens is 453 g/mol. The second-order valence-electron chi connectivity index (χ2n) is 6.70. The molecule has 0 unspecified atom stereocenters. The minimum Gasteiger partial charge on any atom is -0.507 e. The Balaban J connectivity index is 0.00000364. The fourth-order valence-corrected chi connectivity index (χ4v) is 2.99. The van der Waals surface area contributed by atoms with Crippen LogP contribution in [0.1, 0.15) is 41.4 Å². The molecule has 6 nitrogen and oxygen atoms in total. The number of benzene rings is 1. The summed E-state index contributed by atoms with van der Waals surface area (Å²) in [4.78, 5) is 4.65. The first-order valence-corrected chi connectivity index (χ1v) is 9.23. The van der Waals surface area contributed by atoms with Crippen LogP contribution in [-0.4, -0.2) is 33.9 Å². The number of hydrogen-bond donors (Lipinski definition) is 3. The summed E-state index contributed by atoms with van der Waals surface area (Å²) in [6, 6.07) is 6.07. The van der Waals surface area contributed by atoms with E-state index in [4.69, 9.17) is 0 Å².